The summed E-state index contributed by atoms with van der Waals surface area (Å²) in [6, 6.07) is 12.4. The van der Waals surface area contributed by atoms with Gasteiger partial charge in [0.1, 0.15) is 0 Å². The average molecular weight is 242 g/mol. The fourth-order valence-corrected chi connectivity index (χ4v) is 3.63. The third kappa shape index (κ3) is 1.64. The number of rotatable bonds is 0. The average Bonchev–Trinajstić information content (AvgIpc) is 2.34. The van der Waals surface area contributed by atoms with Gasteiger partial charge in [-0.3, -0.25) is 4.21 Å². The van der Waals surface area contributed by atoms with Crippen molar-refractivity contribution in [2.24, 2.45) is 0 Å². The summed E-state index contributed by atoms with van der Waals surface area (Å²) in [5.41, 5.74) is 2.31. The van der Waals surface area contributed by atoms with Gasteiger partial charge in [-0.2, -0.15) is 0 Å². The van der Waals surface area contributed by atoms with Crippen molar-refractivity contribution in [1.29, 1.82) is 0 Å². The largest absolute Gasteiger partial charge is 0.254 e. The molecule has 0 amide bonds. The molecule has 2 unspecified atom stereocenters. The molecule has 2 heteroatoms. The van der Waals surface area contributed by atoms with Crippen LogP contribution in [-0.4, -0.2) is 9.46 Å². The number of hydrogen-bond acceptors (Lipinski definition) is 1. The second-order valence-electron chi connectivity index (χ2n) is 4.57. The Morgan fingerprint density at radius 1 is 1.12 bits per heavy atom. The number of benzene rings is 2. The monoisotopic (exact) mass is 242 g/mol. The van der Waals surface area contributed by atoms with E-state index in [1.807, 2.05) is 19.1 Å². The molecular weight excluding hydrogens is 228 g/mol. The summed E-state index contributed by atoms with van der Waals surface area (Å²) in [5, 5.41) is 2.50. The van der Waals surface area contributed by atoms with Gasteiger partial charge in [-0.15, -0.1) is 0 Å². The van der Waals surface area contributed by atoms with Gasteiger partial charge in [0, 0.05) is 4.90 Å². The maximum Gasteiger partial charge on any atom is 0.0605 e. The van der Waals surface area contributed by atoms with Crippen LogP contribution in [0.15, 0.2) is 46.9 Å². The van der Waals surface area contributed by atoms with Gasteiger partial charge in [0.25, 0.3) is 0 Å². The van der Waals surface area contributed by atoms with E-state index in [1.54, 1.807) is 0 Å². The van der Waals surface area contributed by atoms with Gasteiger partial charge in [0.15, 0.2) is 0 Å². The maximum atomic E-state index is 12.3. The maximum absolute atomic E-state index is 12.3. The van der Waals surface area contributed by atoms with Crippen molar-refractivity contribution in [3.8, 4) is 0 Å². The van der Waals surface area contributed by atoms with Gasteiger partial charge < -0.3 is 0 Å². The highest BCUT2D eigenvalue weighted by Gasteiger charge is 2.22. The Bertz CT molecular complexity index is 655. The Balaban J connectivity index is 2.34. The van der Waals surface area contributed by atoms with E-state index < -0.39 is 10.8 Å². The van der Waals surface area contributed by atoms with Crippen LogP contribution in [0, 0.1) is 0 Å². The zero-order valence-electron chi connectivity index (χ0n) is 9.94. The lowest BCUT2D eigenvalue weighted by molar-refractivity contribution is 0.677. The minimum Gasteiger partial charge on any atom is -0.254 e. The normalized spacial score (nSPS) is 23.3. The molecule has 3 rings (SSSR count). The summed E-state index contributed by atoms with van der Waals surface area (Å²) < 4.78 is 12.3. The number of fused-ring (bicyclic) bond motifs is 2. The molecule has 0 bridgehead atoms. The van der Waals surface area contributed by atoms with Crippen molar-refractivity contribution in [3.05, 3.63) is 47.5 Å². The quantitative estimate of drug-likeness (QED) is 0.687. The van der Waals surface area contributed by atoms with Gasteiger partial charge in [-0.25, -0.2) is 0 Å². The molecule has 86 valence electrons. The van der Waals surface area contributed by atoms with E-state index in [0.29, 0.717) is 0 Å². The Kier molecular flexibility index (Phi) is 2.40. The molecule has 0 aromatic heterocycles. The van der Waals surface area contributed by atoms with Gasteiger partial charge >= 0.3 is 0 Å². The molecule has 2 aromatic rings. The summed E-state index contributed by atoms with van der Waals surface area (Å²) in [4.78, 5) is 0.974. The predicted octanol–water partition coefficient (Wildman–Crippen LogP) is 3.75. The second-order valence-corrected chi connectivity index (χ2v) is 6.31. The SMILES string of the molecule is CC1=Cc2cc3ccccc3cc2S(=O)C1C. The first-order valence-electron chi connectivity index (χ1n) is 5.78. The van der Waals surface area contributed by atoms with Crippen LogP contribution in [0.25, 0.3) is 16.8 Å². The molecule has 17 heavy (non-hydrogen) atoms. The topological polar surface area (TPSA) is 17.1 Å². The molecule has 2 aromatic carbocycles. The first-order valence-corrected chi connectivity index (χ1v) is 6.99. The standard InChI is InChI=1S/C15H14OS/c1-10-7-14-8-12-5-3-4-6-13(12)9-15(14)17(16)11(10)2/h3-9,11H,1-2H3. The van der Waals surface area contributed by atoms with E-state index in [9.17, 15) is 4.21 Å². The molecule has 1 nitrogen and oxygen atoms in total. The Morgan fingerprint density at radius 3 is 2.47 bits per heavy atom. The highest BCUT2D eigenvalue weighted by Crippen LogP contribution is 2.32. The molecule has 0 N–H and O–H groups in total. The van der Waals surface area contributed by atoms with Crippen LogP contribution in [0.2, 0.25) is 0 Å². The van der Waals surface area contributed by atoms with Crippen molar-refractivity contribution in [3.63, 3.8) is 0 Å². The molecule has 1 aliphatic rings. The number of hydrogen-bond donors (Lipinski definition) is 0. The minimum atomic E-state index is -0.914. The lowest BCUT2D eigenvalue weighted by atomic mass is 10.0. The van der Waals surface area contributed by atoms with Gasteiger partial charge in [-0.05, 0) is 42.3 Å². The fraction of sp³-hybridized carbons (Fsp3) is 0.200. The Morgan fingerprint density at radius 2 is 1.76 bits per heavy atom. The summed E-state index contributed by atoms with van der Waals surface area (Å²) in [6.07, 6.45) is 2.16. The van der Waals surface area contributed by atoms with Crippen LogP contribution >= 0.6 is 0 Å². The van der Waals surface area contributed by atoms with Gasteiger partial charge in [-0.1, -0.05) is 35.9 Å². The van der Waals surface area contributed by atoms with Crippen molar-refractivity contribution in [1.82, 2.24) is 0 Å². The van der Waals surface area contributed by atoms with Gasteiger partial charge in [0.05, 0.1) is 16.0 Å². The molecule has 0 saturated heterocycles. The highest BCUT2D eigenvalue weighted by atomic mass is 32.2. The Hall–Kier alpha value is -1.41. The van der Waals surface area contributed by atoms with Crippen molar-refractivity contribution in [2.75, 3.05) is 0 Å². The van der Waals surface area contributed by atoms with E-state index in [4.69, 9.17) is 0 Å². The molecule has 0 radical (unpaired) electrons. The third-order valence-electron chi connectivity index (χ3n) is 3.44. The first kappa shape index (κ1) is 10.7. The van der Waals surface area contributed by atoms with Crippen LogP contribution in [0.4, 0.5) is 0 Å². The fourth-order valence-electron chi connectivity index (χ4n) is 2.25. The summed E-state index contributed by atoms with van der Waals surface area (Å²) in [5.74, 6) is 0. The molecule has 1 heterocycles. The predicted molar refractivity (Wildman–Crippen MR) is 73.5 cm³/mol. The summed E-state index contributed by atoms with van der Waals surface area (Å²) >= 11 is 0. The second kappa shape index (κ2) is 3.81. The summed E-state index contributed by atoms with van der Waals surface area (Å²) in [6.45, 7) is 4.08. The third-order valence-corrected chi connectivity index (χ3v) is 5.24. The Labute approximate surface area is 104 Å². The molecular formula is C15H14OS. The minimum absolute atomic E-state index is 0.128. The van der Waals surface area contributed by atoms with Crippen LogP contribution in [0.3, 0.4) is 0 Å². The first-order chi connectivity index (χ1) is 8.16. The smallest absolute Gasteiger partial charge is 0.0605 e. The van der Waals surface area contributed by atoms with Crippen LogP contribution in [0.1, 0.15) is 19.4 Å². The van der Waals surface area contributed by atoms with E-state index in [0.717, 1.165) is 10.5 Å². The van der Waals surface area contributed by atoms with E-state index in [1.165, 1.54) is 16.3 Å². The molecule has 0 spiro atoms. The zero-order chi connectivity index (χ0) is 12.0. The van der Waals surface area contributed by atoms with Crippen molar-refractivity contribution < 1.29 is 4.21 Å². The van der Waals surface area contributed by atoms with E-state index >= 15 is 0 Å². The molecule has 2 atom stereocenters. The zero-order valence-corrected chi connectivity index (χ0v) is 10.8. The van der Waals surface area contributed by atoms with Crippen molar-refractivity contribution in [2.45, 2.75) is 24.0 Å². The lowest BCUT2D eigenvalue weighted by Crippen LogP contribution is -2.17. The highest BCUT2D eigenvalue weighted by molar-refractivity contribution is 7.86. The lowest BCUT2D eigenvalue weighted by Gasteiger charge is -2.20. The van der Waals surface area contributed by atoms with Crippen molar-refractivity contribution >= 4 is 27.6 Å². The van der Waals surface area contributed by atoms with E-state index in [2.05, 4.69) is 37.3 Å². The molecule has 1 aliphatic heterocycles. The summed E-state index contributed by atoms with van der Waals surface area (Å²) in [7, 11) is -0.914. The molecule has 0 fully saturated rings. The van der Waals surface area contributed by atoms with Crippen LogP contribution in [0.5, 0.6) is 0 Å². The molecule has 0 saturated carbocycles. The van der Waals surface area contributed by atoms with Crippen LogP contribution < -0.4 is 0 Å². The molecule has 0 aliphatic carbocycles. The van der Waals surface area contributed by atoms with Gasteiger partial charge in [0.2, 0.25) is 0 Å². The van der Waals surface area contributed by atoms with E-state index in [-0.39, 0.29) is 5.25 Å². The van der Waals surface area contributed by atoms with Crippen LogP contribution in [-0.2, 0) is 10.8 Å².